The summed E-state index contributed by atoms with van der Waals surface area (Å²) in [6.45, 7) is 5.49. The molecule has 0 radical (unpaired) electrons. The van der Waals surface area contributed by atoms with Crippen molar-refractivity contribution < 1.29 is 22.7 Å². The van der Waals surface area contributed by atoms with E-state index < -0.39 is 20.5 Å². The van der Waals surface area contributed by atoms with Gasteiger partial charge in [-0.05, 0) is 12.3 Å². The molecule has 0 unspecified atom stereocenters. The van der Waals surface area contributed by atoms with Crippen molar-refractivity contribution in [3.63, 3.8) is 0 Å². The maximum atomic E-state index is 12.6. The van der Waals surface area contributed by atoms with Crippen LogP contribution in [0.3, 0.4) is 0 Å². The van der Waals surface area contributed by atoms with Gasteiger partial charge in [-0.25, -0.2) is 8.42 Å². The summed E-state index contributed by atoms with van der Waals surface area (Å²) < 4.78 is 30.2. The zero-order valence-corrected chi connectivity index (χ0v) is 15.6. The van der Waals surface area contributed by atoms with Crippen LogP contribution in [0.4, 0.5) is 0 Å². The molecule has 2 rings (SSSR count). The highest BCUT2D eigenvalue weighted by Crippen LogP contribution is 2.39. The van der Waals surface area contributed by atoms with E-state index in [-0.39, 0.29) is 31.2 Å². The molecule has 24 heavy (non-hydrogen) atoms. The van der Waals surface area contributed by atoms with E-state index in [4.69, 9.17) is 4.74 Å². The Morgan fingerprint density at radius 3 is 2.46 bits per heavy atom. The molecule has 1 spiro atoms. The summed E-state index contributed by atoms with van der Waals surface area (Å²) in [7, 11) is -2.00. The Kier molecular flexibility index (Phi) is 5.91. The number of piperidine rings is 1. The molecule has 8 heteroatoms. The lowest BCUT2D eigenvalue weighted by Gasteiger charge is -2.43. The highest BCUT2D eigenvalue weighted by atomic mass is 32.2. The average Bonchev–Trinajstić information content (AvgIpc) is 2.69. The lowest BCUT2D eigenvalue weighted by molar-refractivity contribution is -0.136. The molecule has 0 atom stereocenters. The highest BCUT2D eigenvalue weighted by Gasteiger charge is 2.58. The summed E-state index contributed by atoms with van der Waals surface area (Å²) in [5.41, 5.74) is 0. The van der Waals surface area contributed by atoms with Gasteiger partial charge in [-0.15, -0.1) is 0 Å². The second-order valence-corrected chi connectivity index (χ2v) is 9.33. The molecule has 0 aromatic heterocycles. The van der Waals surface area contributed by atoms with Gasteiger partial charge in [0.2, 0.25) is 11.8 Å². The molecule has 0 aromatic rings. The Bertz CT molecular complexity index is 579. The summed E-state index contributed by atoms with van der Waals surface area (Å²) in [6.07, 6.45) is 1.90. The van der Waals surface area contributed by atoms with E-state index >= 15 is 0 Å². The van der Waals surface area contributed by atoms with Crippen molar-refractivity contribution in [3.05, 3.63) is 0 Å². The van der Waals surface area contributed by atoms with Crippen LogP contribution in [0.15, 0.2) is 0 Å². The van der Waals surface area contributed by atoms with Crippen LogP contribution in [-0.2, 0) is 24.2 Å². The van der Waals surface area contributed by atoms with E-state index in [1.54, 1.807) is 4.90 Å². The number of amides is 2. The lowest BCUT2D eigenvalue weighted by atomic mass is 10.0. The van der Waals surface area contributed by atoms with Crippen molar-refractivity contribution in [1.82, 2.24) is 9.80 Å². The van der Waals surface area contributed by atoms with Crippen molar-refractivity contribution in [3.8, 4) is 0 Å². The predicted octanol–water partition coefficient (Wildman–Crippen LogP) is 0.645. The van der Waals surface area contributed by atoms with Crippen LogP contribution in [0.25, 0.3) is 0 Å². The van der Waals surface area contributed by atoms with Crippen molar-refractivity contribution in [1.29, 1.82) is 0 Å². The zero-order valence-electron chi connectivity index (χ0n) is 14.8. The third kappa shape index (κ3) is 3.59. The van der Waals surface area contributed by atoms with Crippen LogP contribution >= 0.6 is 0 Å². The van der Waals surface area contributed by atoms with Gasteiger partial charge in [0.05, 0.1) is 6.61 Å². The SMILES string of the molecule is COCCN1C(=O)CS(=O)(=O)C12CCN(C(=O)CCC(C)C)CC2. The van der Waals surface area contributed by atoms with Gasteiger partial charge in [0.25, 0.3) is 0 Å². The fraction of sp³-hybridized carbons (Fsp3) is 0.875. The molecule has 2 heterocycles. The third-order valence-corrected chi connectivity index (χ3v) is 7.45. The maximum absolute atomic E-state index is 12.6. The first kappa shape index (κ1) is 19.2. The number of rotatable bonds is 6. The van der Waals surface area contributed by atoms with E-state index in [2.05, 4.69) is 13.8 Å². The van der Waals surface area contributed by atoms with Crippen LogP contribution < -0.4 is 0 Å². The Hall–Kier alpha value is -1.15. The first-order valence-corrected chi connectivity index (χ1v) is 10.2. The normalized spacial score (nSPS) is 22.6. The highest BCUT2D eigenvalue weighted by molar-refractivity contribution is 7.93. The number of hydrogen-bond donors (Lipinski definition) is 0. The molecule has 2 aliphatic rings. The van der Waals surface area contributed by atoms with Crippen LogP contribution in [0.2, 0.25) is 0 Å². The molecule has 0 aliphatic carbocycles. The minimum absolute atomic E-state index is 0.0729. The summed E-state index contributed by atoms with van der Waals surface area (Å²) >= 11 is 0. The van der Waals surface area contributed by atoms with Crippen LogP contribution in [0, 0.1) is 5.92 Å². The molecule has 0 N–H and O–H groups in total. The Labute approximate surface area is 144 Å². The van der Waals surface area contributed by atoms with Gasteiger partial charge in [-0.3, -0.25) is 9.59 Å². The fourth-order valence-electron chi connectivity index (χ4n) is 3.54. The van der Waals surface area contributed by atoms with Crippen LogP contribution in [0.1, 0.15) is 39.5 Å². The molecule has 2 aliphatic heterocycles. The molecular formula is C16H28N2O5S. The molecule has 2 fully saturated rings. The smallest absolute Gasteiger partial charge is 0.239 e. The monoisotopic (exact) mass is 360 g/mol. The number of carbonyl (C=O) groups excluding carboxylic acids is 2. The number of carbonyl (C=O) groups is 2. The van der Waals surface area contributed by atoms with Crippen LogP contribution in [-0.4, -0.2) is 74.0 Å². The second kappa shape index (κ2) is 7.39. The molecule has 138 valence electrons. The van der Waals surface area contributed by atoms with E-state index in [1.807, 2.05) is 0 Å². The standard InChI is InChI=1S/C16H28N2O5S/c1-13(2)4-5-14(19)17-8-6-16(7-9-17)18(10-11-23-3)15(20)12-24(16,21)22/h13H,4-12H2,1-3H3. The van der Waals surface area contributed by atoms with E-state index in [0.29, 0.717) is 32.0 Å². The molecule has 0 bridgehead atoms. The summed E-state index contributed by atoms with van der Waals surface area (Å²) in [6, 6.07) is 0. The number of ether oxygens (including phenoxy) is 1. The van der Waals surface area contributed by atoms with E-state index in [0.717, 1.165) is 6.42 Å². The maximum Gasteiger partial charge on any atom is 0.239 e. The quantitative estimate of drug-likeness (QED) is 0.694. The number of nitrogens with zero attached hydrogens (tertiary/aromatic N) is 2. The minimum Gasteiger partial charge on any atom is -0.383 e. The van der Waals surface area contributed by atoms with Crippen molar-refractivity contribution in [2.45, 2.75) is 44.4 Å². The van der Waals surface area contributed by atoms with Gasteiger partial charge in [-0.1, -0.05) is 13.8 Å². The van der Waals surface area contributed by atoms with Gasteiger partial charge >= 0.3 is 0 Å². The minimum atomic E-state index is -3.53. The number of sulfone groups is 1. The topological polar surface area (TPSA) is 84.0 Å². The van der Waals surface area contributed by atoms with Crippen molar-refractivity contribution >= 4 is 21.7 Å². The molecule has 0 saturated carbocycles. The molecule has 2 saturated heterocycles. The van der Waals surface area contributed by atoms with Gasteiger partial charge < -0.3 is 14.5 Å². The van der Waals surface area contributed by atoms with Crippen molar-refractivity contribution in [2.24, 2.45) is 5.92 Å². The van der Waals surface area contributed by atoms with Gasteiger partial charge in [-0.2, -0.15) is 0 Å². The molecular weight excluding hydrogens is 332 g/mol. The summed E-state index contributed by atoms with van der Waals surface area (Å²) in [5.74, 6) is -0.254. The molecule has 2 amide bonds. The first-order chi connectivity index (χ1) is 11.2. The van der Waals surface area contributed by atoms with E-state index in [1.165, 1.54) is 12.0 Å². The Morgan fingerprint density at radius 2 is 1.92 bits per heavy atom. The van der Waals surface area contributed by atoms with Gasteiger partial charge in [0.1, 0.15) is 10.6 Å². The van der Waals surface area contributed by atoms with Crippen LogP contribution in [0.5, 0.6) is 0 Å². The van der Waals surface area contributed by atoms with E-state index in [9.17, 15) is 18.0 Å². The zero-order chi connectivity index (χ0) is 18.0. The summed E-state index contributed by atoms with van der Waals surface area (Å²) in [5, 5.41) is 0. The third-order valence-electron chi connectivity index (χ3n) is 5.04. The number of methoxy groups -OCH3 is 1. The van der Waals surface area contributed by atoms with Crippen molar-refractivity contribution in [2.75, 3.05) is 39.1 Å². The van der Waals surface area contributed by atoms with Gasteiger partial charge in [0, 0.05) is 46.0 Å². The average molecular weight is 360 g/mol. The second-order valence-electron chi connectivity index (χ2n) is 7.06. The molecule has 0 aromatic carbocycles. The largest absolute Gasteiger partial charge is 0.383 e. The number of likely N-dealkylation sites (tertiary alicyclic amines) is 1. The number of hydrogen-bond acceptors (Lipinski definition) is 5. The first-order valence-electron chi connectivity index (χ1n) is 8.53. The molecule has 7 nitrogen and oxygen atoms in total. The fourth-order valence-corrected chi connectivity index (χ4v) is 5.62. The van der Waals surface area contributed by atoms with Gasteiger partial charge in [0.15, 0.2) is 9.84 Å². The Morgan fingerprint density at radius 1 is 1.29 bits per heavy atom. The predicted molar refractivity (Wildman–Crippen MR) is 90.0 cm³/mol. The Balaban J connectivity index is 2.08. The lowest BCUT2D eigenvalue weighted by Crippen LogP contribution is -2.57. The summed E-state index contributed by atoms with van der Waals surface area (Å²) in [4.78, 5) is 26.5.